The van der Waals surface area contributed by atoms with Crippen molar-refractivity contribution in [3.63, 3.8) is 0 Å². The van der Waals surface area contributed by atoms with Crippen LogP contribution in [0.5, 0.6) is 0 Å². The van der Waals surface area contributed by atoms with Crippen molar-refractivity contribution in [2.24, 2.45) is 35.1 Å². The lowest BCUT2D eigenvalue weighted by Gasteiger charge is -2.33. The van der Waals surface area contributed by atoms with E-state index in [0.717, 1.165) is 0 Å². The van der Waals surface area contributed by atoms with Gasteiger partial charge >= 0.3 is 0 Å². The molecule has 3 heterocycles. The van der Waals surface area contributed by atoms with Gasteiger partial charge in [0.1, 0.15) is 60.4 Å². The highest BCUT2D eigenvalue weighted by Gasteiger charge is 2.43. The van der Waals surface area contributed by atoms with Gasteiger partial charge in [-0.1, -0.05) is 116 Å². The standard InChI is InChI=1S/C60H88N12O12/c1-33(2)29-41-53(77)67-43(31-37-17-11-9-12-18-37)59(83)71-27-15-21-45(71)55(79)70-50(36(7)8)58(82)64-40(24-26-48(62)74)52(76)66-42(30-34(3)4)54(78)68-44(32-38-19-13-10-14-20-38)60(84)72-28-16-22-46(72)56(80)69-49(35(5)6)57(81)63-39(51(75)65-41)23-25-47(61)73/h9-14,17-20,33-36,39-46,49-50H,15-16,21-32H2,1-8H3,(H2,61,73)(H2,62,74)(H,63,81)(H,64,82)(H,65,75)(H,66,76)(H,67,77)(H,68,78)(H,69,80)(H,70,79)/t39-,40-,41-,42-,43-,44-,45-,46-,49-,50-/m0/s1. The first-order chi connectivity index (χ1) is 39.7. The molecule has 3 aliphatic rings. The van der Waals surface area contributed by atoms with Crippen LogP contribution in [-0.2, 0) is 70.4 Å². The lowest BCUT2D eigenvalue weighted by atomic mass is 9.98. The lowest BCUT2D eigenvalue weighted by Crippen LogP contribution is -2.62. The van der Waals surface area contributed by atoms with Crippen LogP contribution >= 0.6 is 0 Å². The van der Waals surface area contributed by atoms with Gasteiger partial charge in [-0.15, -0.1) is 0 Å². The van der Waals surface area contributed by atoms with E-state index in [1.165, 1.54) is 9.80 Å². The number of fused-ring (bicyclic) bond motifs is 2. The maximum absolute atomic E-state index is 14.9. The Morgan fingerprint density at radius 1 is 0.429 bits per heavy atom. The van der Waals surface area contributed by atoms with Gasteiger partial charge in [-0.25, -0.2) is 0 Å². The second-order valence-corrected chi connectivity index (χ2v) is 23.9. The molecule has 3 aliphatic heterocycles. The molecule has 2 aromatic carbocycles. The Kier molecular flexibility index (Phi) is 25.2. The summed E-state index contributed by atoms with van der Waals surface area (Å²) in [6, 6.07) is 4.63. The Bertz CT molecular complexity index is 2490. The van der Waals surface area contributed by atoms with Gasteiger partial charge in [0.25, 0.3) is 0 Å². The average Bonchev–Trinajstić information content (AvgIpc) is 4.20. The highest BCUT2D eigenvalue weighted by Crippen LogP contribution is 2.24. The number of hydrogen-bond acceptors (Lipinski definition) is 12. The molecule has 12 amide bonds. The molecule has 0 saturated carbocycles. The minimum absolute atomic E-state index is 0.0370. The number of benzene rings is 2. The minimum Gasteiger partial charge on any atom is -0.370 e. The number of primary amides is 2. The molecule has 3 saturated heterocycles. The number of nitrogens with one attached hydrogen (secondary N) is 8. The van der Waals surface area contributed by atoms with Crippen LogP contribution < -0.4 is 54.0 Å². The molecule has 0 radical (unpaired) electrons. The molecular formula is C60H88N12O12. The summed E-state index contributed by atoms with van der Waals surface area (Å²) in [4.78, 5) is 173. The van der Waals surface area contributed by atoms with Crippen molar-refractivity contribution >= 4 is 70.9 Å². The van der Waals surface area contributed by atoms with Gasteiger partial charge in [0.15, 0.2) is 0 Å². The summed E-state index contributed by atoms with van der Waals surface area (Å²) in [6.07, 6.45) is -0.180. The van der Waals surface area contributed by atoms with Gasteiger partial charge < -0.3 is 63.8 Å². The molecular weight excluding hydrogens is 1080 g/mol. The van der Waals surface area contributed by atoms with E-state index in [4.69, 9.17) is 11.5 Å². The van der Waals surface area contributed by atoms with E-state index >= 15 is 0 Å². The van der Waals surface area contributed by atoms with Crippen LogP contribution in [0.25, 0.3) is 0 Å². The first kappa shape index (κ1) is 66.9. The molecule has 0 bridgehead atoms. The maximum atomic E-state index is 14.9. The zero-order valence-electron chi connectivity index (χ0n) is 49.7. The Labute approximate surface area is 492 Å². The summed E-state index contributed by atoms with van der Waals surface area (Å²) in [5, 5.41) is 22.0. The van der Waals surface area contributed by atoms with Crippen LogP contribution in [0.3, 0.4) is 0 Å². The monoisotopic (exact) mass is 1170 g/mol. The molecule has 2 aromatic rings. The molecule has 0 aromatic heterocycles. The van der Waals surface area contributed by atoms with Crippen molar-refractivity contribution < 1.29 is 57.5 Å². The molecule has 10 atom stereocenters. The van der Waals surface area contributed by atoms with Gasteiger partial charge in [0.05, 0.1) is 0 Å². The van der Waals surface area contributed by atoms with Crippen LogP contribution in [-0.4, -0.2) is 154 Å². The van der Waals surface area contributed by atoms with Crippen LogP contribution in [0, 0.1) is 23.7 Å². The van der Waals surface area contributed by atoms with E-state index < -0.39 is 143 Å². The molecule has 460 valence electrons. The normalized spacial score (nSPS) is 26.1. The summed E-state index contributed by atoms with van der Waals surface area (Å²) in [6.45, 7) is 14.1. The fraction of sp³-hybridized carbons (Fsp3) is 0.600. The van der Waals surface area contributed by atoms with Crippen molar-refractivity contribution in [2.45, 2.75) is 193 Å². The van der Waals surface area contributed by atoms with Gasteiger partial charge in [-0.3, -0.25) is 57.5 Å². The fourth-order valence-corrected chi connectivity index (χ4v) is 10.8. The Balaban J connectivity index is 1.60. The molecule has 24 nitrogen and oxygen atoms in total. The molecule has 0 spiro atoms. The molecule has 0 aliphatic carbocycles. The zero-order chi connectivity index (χ0) is 61.9. The average molecular weight is 1170 g/mol. The third kappa shape index (κ3) is 19.6. The first-order valence-corrected chi connectivity index (χ1v) is 29.4. The zero-order valence-corrected chi connectivity index (χ0v) is 49.7. The SMILES string of the molecule is CC(C)C[C@@H]1NC(=O)[C@H](CCC(N)=O)NC(=O)[C@H](C(C)C)NC(=O)[C@@H]2CCCN2C(=O)[C@H](Cc2ccccc2)NC(=O)[C@H](CC(C)C)NC(=O)[C@H](CCC(N)=O)NC(=O)[C@H](C(C)C)NC(=O)[C@@H]2CCCN2C(=O)[C@H](Cc2ccccc2)NC1=O. The molecule has 84 heavy (non-hydrogen) atoms. The first-order valence-electron chi connectivity index (χ1n) is 29.4. The topological polar surface area (TPSA) is 360 Å². The number of carbonyl (C=O) groups excluding carboxylic acids is 12. The Morgan fingerprint density at radius 3 is 1.05 bits per heavy atom. The molecule has 5 rings (SSSR count). The maximum Gasteiger partial charge on any atom is 0.246 e. The molecule has 0 unspecified atom stereocenters. The van der Waals surface area contributed by atoms with E-state index in [1.807, 2.05) is 27.7 Å². The van der Waals surface area contributed by atoms with Gasteiger partial charge in [0, 0.05) is 38.8 Å². The second-order valence-electron chi connectivity index (χ2n) is 23.9. The highest BCUT2D eigenvalue weighted by molar-refractivity contribution is 6.00. The Morgan fingerprint density at radius 2 is 0.738 bits per heavy atom. The van der Waals surface area contributed by atoms with E-state index in [9.17, 15) is 57.5 Å². The predicted molar refractivity (Wildman–Crippen MR) is 311 cm³/mol. The minimum atomic E-state index is -1.47. The van der Waals surface area contributed by atoms with Crippen LogP contribution in [0.2, 0.25) is 0 Å². The van der Waals surface area contributed by atoms with Crippen LogP contribution in [0.15, 0.2) is 60.7 Å². The fourth-order valence-electron chi connectivity index (χ4n) is 10.8. The highest BCUT2D eigenvalue weighted by atomic mass is 16.2. The summed E-state index contributed by atoms with van der Waals surface area (Å²) in [7, 11) is 0. The van der Waals surface area contributed by atoms with Crippen molar-refractivity contribution in [1.29, 1.82) is 0 Å². The van der Waals surface area contributed by atoms with Crippen molar-refractivity contribution in [3.05, 3.63) is 71.8 Å². The van der Waals surface area contributed by atoms with E-state index in [-0.39, 0.29) is 89.1 Å². The summed E-state index contributed by atoms with van der Waals surface area (Å²) >= 11 is 0. The van der Waals surface area contributed by atoms with Crippen molar-refractivity contribution in [3.8, 4) is 0 Å². The Hall–Kier alpha value is -7.92. The smallest absolute Gasteiger partial charge is 0.246 e. The van der Waals surface area contributed by atoms with Gasteiger partial charge in [-0.2, -0.15) is 0 Å². The second kappa shape index (κ2) is 31.7. The molecule has 3 fully saturated rings. The number of nitrogens with zero attached hydrogens (tertiary/aromatic N) is 2. The number of amides is 12. The summed E-state index contributed by atoms with van der Waals surface area (Å²) in [5.74, 6) is -10.7. The quantitative estimate of drug-likeness (QED) is 0.108. The van der Waals surface area contributed by atoms with Crippen LogP contribution in [0.4, 0.5) is 0 Å². The lowest BCUT2D eigenvalue weighted by molar-refractivity contribution is -0.143. The third-order valence-electron chi connectivity index (χ3n) is 15.3. The number of hydrogen-bond donors (Lipinski definition) is 10. The molecule has 12 N–H and O–H groups in total. The van der Waals surface area contributed by atoms with Gasteiger partial charge in [0.2, 0.25) is 70.9 Å². The largest absolute Gasteiger partial charge is 0.370 e. The van der Waals surface area contributed by atoms with Crippen LogP contribution in [0.1, 0.15) is 131 Å². The molecule has 24 heteroatoms. The number of rotatable bonds is 16. The van der Waals surface area contributed by atoms with E-state index in [1.54, 1.807) is 88.4 Å². The van der Waals surface area contributed by atoms with E-state index in [0.29, 0.717) is 24.0 Å². The number of nitrogens with two attached hydrogens (primary N) is 2. The van der Waals surface area contributed by atoms with Crippen molar-refractivity contribution in [1.82, 2.24) is 52.3 Å². The summed E-state index contributed by atoms with van der Waals surface area (Å²) in [5.41, 5.74) is 12.4. The predicted octanol–water partition coefficient (Wildman–Crippen LogP) is 0.281. The van der Waals surface area contributed by atoms with Gasteiger partial charge in [-0.05, 0) is 86.2 Å². The number of carbonyl (C=O) groups is 12. The van der Waals surface area contributed by atoms with E-state index in [2.05, 4.69) is 42.5 Å². The summed E-state index contributed by atoms with van der Waals surface area (Å²) < 4.78 is 0. The van der Waals surface area contributed by atoms with Crippen molar-refractivity contribution in [2.75, 3.05) is 13.1 Å². The third-order valence-corrected chi connectivity index (χ3v) is 15.3.